The predicted molar refractivity (Wildman–Crippen MR) is 74.7 cm³/mol. The summed E-state index contributed by atoms with van der Waals surface area (Å²) in [4.78, 5) is 0. The second-order valence-electron chi connectivity index (χ2n) is 4.41. The highest BCUT2D eigenvalue weighted by Crippen LogP contribution is 2.42. The average Bonchev–Trinajstić information content (AvgIpc) is 2.52. The van der Waals surface area contributed by atoms with Gasteiger partial charge in [0.15, 0.2) is 11.5 Å². The van der Waals surface area contributed by atoms with Gasteiger partial charge in [0.05, 0.1) is 31.4 Å². The minimum Gasteiger partial charge on any atom is -0.493 e. The Morgan fingerprint density at radius 3 is 2.32 bits per heavy atom. The molecule has 0 radical (unpaired) electrons. The fourth-order valence-electron chi connectivity index (χ4n) is 2.16. The van der Waals surface area contributed by atoms with Crippen molar-refractivity contribution < 1.29 is 22.6 Å². The van der Waals surface area contributed by atoms with Gasteiger partial charge in [-0.3, -0.25) is 0 Å². The topological polar surface area (TPSA) is 42.2 Å². The van der Waals surface area contributed by atoms with Crippen LogP contribution in [0.5, 0.6) is 11.5 Å². The van der Waals surface area contributed by atoms with Gasteiger partial charge in [-0.15, -0.1) is 0 Å². The summed E-state index contributed by atoms with van der Waals surface area (Å²) in [5.74, 6) is 0.565. The van der Waals surface area contributed by atoms with E-state index in [1.807, 2.05) is 6.07 Å². The molecule has 2 aromatic carbocycles. The van der Waals surface area contributed by atoms with Gasteiger partial charge in [0.25, 0.3) is 0 Å². The standard InChI is InChI=1S/C16H12F3NO2/c1-21-13-7-6-11(9-20)14(15(13)22-2)10-4-3-5-12(8-10)16(17,18)19/h3-8H,1-2H3. The number of nitriles is 1. The Kier molecular flexibility index (Phi) is 4.27. The molecule has 0 aromatic heterocycles. The number of benzene rings is 2. The first-order valence-corrected chi connectivity index (χ1v) is 6.25. The van der Waals surface area contributed by atoms with Gasteiger partial charge < -0.3 is 9.47 Å². The van der Waals surface area contributed by atoms with Crippen LogP contribution in [0.2, 0.25) is 0 Å². The summed E-state index contributed by atoms with van der Waals surface area (Å²) in [6.07, 6.45) is -4.46. The lowest BCUT2D eigenvalue weighted by atomic mass is 9.97. The summed E-state index contributed by atoms with van der Waals surface area (Å²) in [6.45, 7) is 0. The molecular weight excluding hydrogens is 295 g/mol. The highest BCUT2D eigenvalue weighted by Gasteiger charge is 2.31. The summed E-state index contributed by atoms with van der Waals surface area (Å²) >= 11 is 0. The number of hydrogen-bond donors (Lipinski definition) is 0. The van der Waals surface area contributed by atoms with Crippen LogP contribution >= 0.6 is 0 Å². The van der Waals surface area contributed by atoms with E-state index < -0.39 is 11.7 Å². The zero-order chi connectivity index (χ0) is 16.3. The summed E-state index contributed by atoms with van der Waals surface area (Å²) in [5, 5.41) is 9.22. The van der Waals surface area contributed by atoms with Gasteiger partial charge in [0.1, 0.15) is 0 Å². The summed E-state index contributed by atoms with van der Waals surface area (Å²) < 4.78 is 49.0. The zero-order valence-electron chi connectivity index (χ0n) is 11.9. The van der Waals surface area contributed by atoms with Crippen LogP contribution in [0.3, 0.4) is 0 Å². The van der Waals surface area contributed by atoms with Gasteiger partial charge in [-0.05, 0) is 29.8 Å². The van der Waals surface area contributed by atoms with Gasteiger partial charge in [0, 0.05) is 5.56 Å². The molecule has 0 bridgehead atoms. The second kappa shape index (κ2) is 5.98. The third kappa shape index (κ3) is 2.84. The van der Waals surface area contributed by atoms with Crippen LogP contribution in [0.1, 0.15) is 11.1 Å². The van der Waals surface area contributed by atoms with E-state index in [9.17, 15) is 18.4 Å². The molecule has 0 saturated carbocycles. The van der Waals surface area contributed by atoms with Gasteiger partial charge >= 0.3 is 6.18 Å². The fraction of sp³-hybridized carbons (Fsp3) is 0.188. The quantitative estimate of drug-likeness (QED) is 0.851. The summed E-state index contributed by atoms with van der Waals surface area (Å²) in [6, 6.07) is 9.72. The molecule has 0 atom stereocenters. The molecule has 0 amide bonds. The van der Waals surface area contributed by atoms with Crippen LogP contribution in [-0.2, 0) is 6.18 Å². The van der Waals surface area contributed by atoms with Crippen molar-refractivity contribution >= 4 is 0 Å². The average molecular weight is 307 g/mol. The molecule has 0 unspecified atom stereocenters. The SMILES string of the molecule is COc1ccc(C#N)c(-c2cccc(C(F)(F)F)c2)c1OC. The van der Waals surface area contributed by atoms with E-state index in [1.165, 1.54) is 38.5 Å². The van der Waals surface area contributed by atoms with Gasteiger partial charge in [0.2, 0.25) is 0 Å². The maximum atomic E-state index is 12.9. The lowest BCUT2D eigenvalue weighted by molar-refractivity contribution is -0.137. The highest BCUT2D eigenvalue weighted by atomic mass is 19.4. The third-order valence-corrected chi connectivity index (χ3v) is 3.14. The van der Waals surface area contributed by atoms with E-state index in [2.05, 4.69) is 0 Å². The molecule has 2 aromatic rings. The predicted octanol–water partition coefficient (Wildman–Crippen LogP) is 4.26. The van der Waals surface area contributed by atoms with Crippen molar-refractivity contribution in [2.24, 2.45) is 0 Å². The first-order chi connectivity index (χ1) is 10.4. The van der Waals surface area contributed by atoms with Crippen LogP contribution in [0.15, 0.2) is 36.4 Å². The number of hydrogen-bond acceptors (Lipinski definition) is 3. The van der Waals surface area contributed by atoms with E-state index in [4.69, 9.17) is 9.47 Å². The first-order valence-electron chi connectivity index (χ1n) is 6.25. The van der Waals surface area contributed by atoms with Crippen molar-refractivity contribution in [2.75, 3.05) is 14.2 Å². The minimum absolute atomic E-state index is 0.206. The van der Waals surface area contributed by atoms with E-state index in [0.29, 0.717) is 5.75 Å². The van der Waals surface area contributed by atoms with Crippen LogP contribution in [-0.4, -0.2) is 14.2 Å². The van der Waals surface area contributed by atoms with E-state index in [-0.39, 0.29) is 22.4 Å². The van der Waals surface area contributed by atoms with Crippen LogP contribution in [0.25, 0.3) is 11.1 Å². The molecule has 2 rings (SSSR count). The lowest BCUT2D eigenvalue weighted by Gasteiger charge is -2.15. The number of ether oxygens (including phenoxy) is 2. The lowest BCUT2D eigenvalue weighted by Crippen LogP contribution is -2.05. The molecule has 114 valence electrons. The van der Waals surface area contributed by atoms with Crippen molar-refractivity contribution in [2.45, 2.75) is 6.18 Å². The fourth-order valence-corrected chi connectivity index (χ4v) is 2.16. The van der Waals surface area contributed by atoms with Crippen molar-refractivity contribution in [3.8, 4) is 28.7 Å². The van der Waals surface area contributed by atoms with Crippen molar-refractivity contribution in [3.63, 3.8) is 0 Å². The Balaban J connectivity index is 2.74. The Bertz CT molecular complexity index is 733. The number of alkyl halides is 3. The molecule has 0 fully saturated rings. The summed E-state index contributed by atoms with van der Waals surface area (Å²) in [7, 11) is 2.79. The molecule has 0 saturated heterocycles. The van der Waals surface area contributed by atoms with Crippen LogP contribution in [0.4, 0.5) is 13.2 Å². The second-order valence-corrected chi connectivity index (χ2v) is 4.41. The van der Waals surface area contributed by atoms with Crippen molar-refractivity contribution in [1.29, 1.82) is 5.26 Å². The molecule has 0 heterocycles. The number of halogens is 3. The highest BCUT2D eigenvalue weighted by molar-refractivity contribution is 5.80. The molecule has 0 aliphatic rings. The van der Waals surface area contributed by atoms with E-state index in [1.54, 1.807) is 0 Å². The number of rotatable bonds is 3. The smallest absolute Gasteiger partial charge is 0.416 e. The van der Waals surface area contributed by atoms with E-state index >= 15 is 0 Å². The largest absolute Gasteiger partial charge is 0.493 e. The molecule has 6 heteroatoms. The molecule has 22 heavy (non-hydrogen) atoms. The normalized spacial score (nSPS) is 10.9. The number of methoxy groups -OCH3 is 2. The third-order valence-electron chi connectivity index (χ3n) is 3.14. The maximum absolute atomic E-state index is 12.9. The molecule has 0 N–H and O–H groups in total. The Morgan fingerprint density at radius 2 is 1.77 bits per heavy atom. The molecule has 0 aliphatic heterocycles. The maximum Gasteiger partial charge on any atom is 0.416 e. The molecular formula is C16H12F3NO2. The molecule has 0 aliphatic carbocycles. The zero-order valence-corrected chi connectivity index (χ0v) is 11.9. The molecule has 0 spiro atoms. The van der Waals surface area contributed by atoms with Crippen molar-refractivity contribution in [1.82, 2.24) is 0 Å². The number of nitrogens with zero attached hydrogens (tertiary/aromatic N) is 1. The summed E-state index contributed by atoms with van der Waals surface area (Å²) in [5.41, 5.74) is -0.0756. The Labute approximate surface area is 125 Å². The monoisotopic (exact) mass is 307 g/mol. The Hall–Kier alpha value is -2.68. The first kappa shape index (κ1) is 15.7. The van der Waals surface area contributed by atoms with Crippen molar-refractivity contribution in [3.05, 3.63) is 47.5 Å². The molecule has 3 nitrogen and oxygen atoms in total. The van der Waals surface area contributed by atoms with Gasteiger partial charge in [-0.25, -0.2) is 0 Å². The minimum atomic E-state index is -4.46. The van der Waals surface area contributed by atoms with Gasteiger partial charge in [-0.2, -0.15) is 18.4 Å². The van der Waals surface area contributed by atoms with Crippen LogP contribution in [0, 0.1) is 11.3 Å². The van der Waals surface area contributed by atoms with E-state index in [0.717, 1.165) is 12.1 Å². The van der Waals surface area contributed by atoms with Crippen LogP contribution < -0.4 is 9.47 Å². The Morgan fingerprint density at radius 1 is 1.05 bits per heavy atom. The van der Waals surface area contributed by atoms with Gasteiger partial charge in [-0.1, -0.05) is 12.1 Å².